The molecule has 10 heteroatoms. The average molecular weight is 370 g/mol. The second-order valence-electron chi connectivity index (χ2n) is 6.19. The fraction of sp³-hybridized carbons (Fsp3) is 0.294. The Bertz CT molecular complexity index is 976. The third kappa shape index (κ3) is 3.21. The van der Waals surface area contributed by atoms with Crippen LogP contribution in [0.3, 0.4) is 0 Å². The van der Waals surface area contributed by atoms with Crippen molar-refractivity contribution >= 4 is 28.8 Å². The first-order valence-electron chi connectivity index (χ1n) is 8.37. The van der Waals surface area contributed by atoms with Gasteiger partial charge in [-0.25, -0.2) is 4.98 Å². The summed E-state index contributed by atoms with van der Waals surface area (Å²) in [5.41, 5.74) is 6.98. The van der Waals surface area contributed by atoms with Crippen LogP contribution in [0.5, 0.6) is 0 Å². The Morgan fingerprint density at radius 1 is 1.33 bits per heavy atom. The fourth-order valence-corrected chi connectivity index (χ4v) is 3.05. The Balaban J connectivity index is 1.68. The summed E-state index contributed by atoms with van der Waals surface area (Å²) < 4.78 is 7.24. The van der Waals surface area contributed by atoms with Crippen molar-refractivity contribution in [2.75, 3.05) is 17.7 Å². The van der Waals surface area contributed by atoms with Crippen LogP contribution in [-0.4, -0.2) is 54.5 Å². The molecule has 27 heavy (non-hydrogen) atoms. The third-order valence-corrected chi connectivity index (χ3v) is 4.40. The number of aliphatic hydroxyl groups excluding tert-OH is 2. The number of amides is 1. The quantitative estimate of drug-likeness (QED) is 0.512. The van der Waals surface area contributed by atoms with Crippen LogP contribution in [-0.2, 0) is 4.74 Å². The van der Waals surface area contributed by atoms with E-state index in [9.17, 15) is 15.0 Å². The van der Waals surface area contributed by atoms with Crippen molar-refractivity contribution in [1.29, 1.82) is 0 Å². The fourth-order valence-electron chi connectivity index (χ4n) is 3.05. The van der Waals surface area contributed by atoms with Gasteiger partial charge in [-0.05, 0) is 12.1 Å². The van der Waals surface area contributed by atoms with Crippen LogP contribution in [0.2, 0.25) is 0 Å². The predicted molar refractivity (Wildman–Crippen MR) is 95.8 cm³/mol. The van der Waals surface area contributed by atoms with Gasteiger partial charge >= 0.3 is 0 Å². The molecule has 1 saturated heterocycles. The standard InChI is InChI=1S/C17H18N6O4/c18-17-21-14(20-16(26)9-4-2-1-3-5-9)13-15(22-17)23(8-19-13)12-6-10(25)11(7-24)27-12/h1-5,8,10-12,24-25H,6-7H2,(H3,18,20,21,22,26). The van der Waals surface area contributed by atoms with Crippen LogP contribution in [0.4, 0.5) is 11.8 Å². The molecule has 1 aliphatic rings. The molecule has 0 radical (unpaired) electrons. The number of nitrogens with zero attached hydrogens (tertiary/aromatic N) is 4. The van der Waals surface area contributed by atoms with Gasteiger partial charge < -0.3 is 26.0 Å². The van der Waals surface area contributed by atoms with Gasteiger partial charge in [0, 0.05) is 12.0 Å². The summed E-state index contributed by atoms with van der Waals surface area (Å²) in [5.74, 6) is -0.204. The van der Waals surface area contributed by atoms with E-state index >= 15 is 0 Å². The number of aliphatic hydroxyl groups is 2. The zero-order valence-corrected chi connectivity index (χ0v) is 14.2. The summed E-state index contributed by atoms with van der Waals surface area (Å²) in [6.07, 6.45) is -0.285. The summed E-state index contributed by atoms with van der Waals surface area (Å²) in [6.45, 7) is -0.292. The van der Waals surface area contributed by atoms with E-state index in [1.165, 1.54) is 6.33 Å². The maximum atomic E-state index is 12.4. The summed E-state index contributed by atoms with van der Waals surface area (Å²) in [5, 5.41) is 21.9. The van der Waals surface area contributed by atoms with Gasteiger partial charge in [0.25, 0.3) is 5.91 Å². The molecule has 1 fully saturated rings. The van der Waals surface area contributed by atoms with Gasteiger partial charge in [0.1, 0.15) is 12.3 Å². The number of carbonyl (C=O) groups is 1. The van der Waals surface area contributed by atoms with Gasteiger partial charge in [0.2, 0.25) is 5.95 Å². The molecule has 3 heterocycles. The van der Waals surface area contributed by atoms with Crippen molar-refractivity contribution in [2.45, 2.75) is 24.9 Å². The van der Waals surface area contributed by atoms with Gasteiger partial charge in [-0.2, -0.15) is 9.97 Å². The number of hydrogen-bond donors (Lipinski definition) is 4. The van der Waals surface area contributed by atoms with Crippen LogP contribution >= 0.6 is 0 Å². The molecule has 1 amide bonds. The third-order valence-electron chi connectivity index (χ3n) is 4.40. The molecular formula is C17H18N6O4. The minimum atomic E-state index is -0.797. The second kappa shape index (κ2) is 6.91. The molecule has 3 unspecified atom stereocenters. The first-order valence-corrected chi connectivity index (χ1v) is 8.37. The molecule has 3 atom stereocenters. The number of carbonyl (C=O) groups excluding carboxylic acids is 1. The van der Waals surface area contributed by atoms with Gasteiger partial charge in [-0.15, -0.1) is 0 Å². The molecule has 1 aromatic carbocycles. The summed E-state index contributed by atoms with van der Waals surface area (Å²) in [7, 11) is 0. The number of nitrogens with two attached hydrogens (primary N) is 1. The monoisotopic (exact) mass is 370 g/mol. The molecule has 1 aliphatic heterocycles. The first-order chi connectivity index (χ1) is 13.1. The SMILES string of the molecule is Nc1nc(NC(=O)c2ccccc2)c2ncn(C3CC(O)C(CO)O3)c2n1. The van der Waals surface area contributed by atoms with E-state index < -0.39 is 18.4 Å². The number of fused-ring (bicyclic) bond motifs is 1. The topological polar surface area (TPSA) is 148 Å². The van der Waals surface area contributed by atoms with E-state index in [0.29, 0.717) is 16.7 Å². The Kier molecular flexibility index (Phi) is 4.44. The normalized spacial score (nSPS) is 22.2. The highest BCUT2D eigenvalue weighted by atomic mass is 16.5. The molecule has 140 valence electrons. The van der Waals surface area contributed by atoms with E-state index in [4.69, 9.17) is 10.5 Å². The van der Waals surface area contributed by atoms with Crippen LogP contribution in [0, 0.1) is 0 Å². The zero-order valence-electron chi connectivity index (χ0n) is 14.2. The number of imidazole rings is 1. The molecule has 2 aromatic heterocycles. The first kappa shape index (κ1) is 17.3. The van der Waals surface area contributed by atoms with Crippen LogP contribution < -0.4 is 11.1 Å². The Labute approximate surface area is 153 Å². The number of hydrogen-bond acceptors (Lipinski definition) is 8. The number of anilines is 2. The lowest BCUT2D eigenvalue weighted by molar-refractivity contribution is -0.0432. The summed E-state index contributed by atoms with van der Waals surface area (Å²) in [4.78, 5) is 25.0. The molecule has 5 N–H and O–H groups in total. The highest BCUT2D eigenvalue weighted by molar-refractivity contribution is 6.06. The number of ether oxygens (including phenoxy) is 1. The average Bonchev–Trinajstić information content (AvgIpc) is 3.25. The number of nitrogens with one attached hydrogen (secondary N) is 1. The van der Waals surface area contributed by atoms with Gasteiger partial charge in [-0.1, -0.05) is 18.2 Å². The lowest BCUT2D eigenvalue weighted by Crippen LogP contribution is -2.24. The van der Waals surface area contributed by atoms with E-state index in [1.54, 1.807) is 28.8 Å². The highest BCUT2D eigenvalue weighted by Gasteiger charge is 2.35. The van der Waals surface area contributed by atoms with Crippen molar-refractivity contribution in [3.05, 3.63) is 42.2 Å². The van der Waals surface area contributed by atoms with Crippen LogP contribution in [0.1, 0.15) is 23.0 Å². The van der Waals surface area contributed by atoms with Crippen molar-refractivity contribution in [2.24, 2.45) is 0 Å². The minimum absolute atomic E-state index is 0.0372. The summed E-state index contributed by atoms with van der Waals surface area (Å²) >= 11 is 0. The molecule has 0 saturated carbocycles. The van der Waals surface area contributed by atoms with Crippen molar-refractivity contribution in [1.82, 2.24) is 19.5 Å². The lowest BCUT2D eigenvalue weighted by Gasteiger charge is -2.14. The van der Waals surface area contributed by atoms with Gasteiger partial charge in [-0.3, -0.25) is 9.36 Å². The van der Waals surface area contributed by atoms with E-state index in [2.05, 4.69) is 20.3 Å². The predicted octanol–water partition coefficient (Wildman–Crippen LogP) is 0.301. The van der Waals surface area contributed by atoms with E-state index in [0.717, 1.165) is 0 Å². The number of aromatic nitrogens is 4. The molecule has 0 aliphatic carbocycles. The van der Waals surface area contributed by atoms with Crippen LogP contribution in [0.15, 0.2) is 36.7 Å². The molecule has 0 bridgehead atoms. The Hall–Kier alpha value is -3.08. The largest absolute Gasteiger partial charge is 0.394 e. The Morgan fingerprint density at radius 2 is 2.11 bits per heavy atom. The smallest absolute Gasteiger partial charge is 0.256 e. The maximum absolute atomic E-state index is 12.4. The summed E-state index contributed by atoms with van der Waals surface area (Å²) in [6, 6.07) is 8.69. The maximum Gasteiger partial charge on any atom is 0.256 e. The number of rotatable bonds is 4. The van der Waals surface area contributed by atoms with Crippen LogP contribution in [0.25, 0.3) is 11.2 Å². The van der Waals surface area contributed by atoms with Crippen molar-refractivity contribution < 1.29 is 19.7 Å². The lowest BCUT2D eigenvalue weighted by atomic mass is 10.2. The van der Waals surface area contributed by atoms with E-state index in [-0.39, 0.29) is 30.7 Å². The molecule has 10 nitrogen and oxygen atoms in total. The highest BCUT2D eigenvalue weighted by Crippen LogP contribution is 2.32. The number of nitrogen functional groups attached to an aromatic ring is 1. The Morgan fingerprint density at radius 3 is 2.81 bits per heavy atom. The molecule has 4 rings (SSSR count). The molecule has 3 aromatic rings. The zero-order chi connectivity index (χ0) is 19.0. The second-order valence-corrected chi connectivity index (χ2v) is 6.19. The molecular weight excluding hydrogens is 352 g/mol. The van der Waals surface area contributed by atoms with Gasteiger partial charge in [0.15, 0.2) is 17.0 Å². The van der Waals surface area contributed by atoms with E-state index in [1.807, 2.05) is 6.07 Å². The molecule has 0 spiro atoms. The minimum Gasteiger partial charge on any atom is -0.394 e. The van der Waals surface area contributed by atoms with Crippen molar-refractivity contribution in [3.8, 4) is 0 Å². The van der Waals surface area contributed by atoms with Crippen molar-refractivity contribution in [3.63, 3.8) is 0 Å². The number of benzene rings is 1. The van der Waals surface area contributed by atoms with Gasteiger partial charge in [0.05, 0.1) is 19.0 Å².